The molecule has 0 aliphatic heterocycles. The van der Waals surface area contributed by atoms with Gasteiger partial charge in [0.25, 0.3) is 0 Å². The Kier molecular flexibility index (Phi) is 4.79. The monoisotopic (exact) mass is 210 g/mol. The summed E-state index contributed by atoms with van der Waals surface area (Å²) in [5, 5.41) is 4.20. The smallest absolute Gasteiger partial charge is 0.240 e. The van der Waals surface area contributed by atoms with E-state index in [9.17, 15) is 4.79 Å². The number of carbonyl (C=O) groups is 1. The minimum absolute atomic E-state index is 0.0377. The number of amides is 1. The van der Waals surface area contributed by atoms with Crippen molar-refractivity contribution in [3.05, 3.63) is 0 Å². The average Bonchev–Trinajstić information content (AvgIpc) is 2.14. The zero-order valence-electron chi connectivity index (χ0n) is 10.0. The molecular weight excluding hydrogens is 188 g/mol. The highest BCUT2D eigenvalue weighted by Gasteiger charge is 2.14. The Bertz CT molecular complexity index is 246. The van der Waals surface area contributed by atoms with E-state index in [-0.39, 0.29) is 5.91 Å². The molecule has 86 valence electrons. The van der Waals surface area contributed by atoms with Crippen molar-refractivity contribution in [1.29, 1.82) is 0 Å². The topological polar surface area (TPSA) is 41.5 Å². The van der Waals surface area contributed by atoms with Crippen LogP contribution in [0.4, 0.5) is 0 Å². The lowest BCUT2D eigenvalue weighted by molar-refractivity contribution is -0.121. The van der Waals surface area contributed by atoms with E-state index in [1.165, 1.54) is 12.8 Å². The highest BCUT2D eigenvalue weighted by atomic mass is 16.2. The maximum Gasteiger partial charge on any atom is 0.240 e. The molecule has 0 radical (unpaired) electrons. The molecule has 0 saturated heterocycles. The number of nitrogens with zero attached hydrogens (tertiary/aromatic N) is 1. The molecule has 0 aromatic carbocycles. The first-order chi connectivity index (χ1) is 7.08. The fraction of sp³-hybridized carbons (Fsp3) is 0.833. The van der Waals surface area contributed by atoms with Crippen LogP contribution in [0.15, 0.2) is 5.10 Å². The summed E-state index contributed by atoms with van der Waals surface area (Å²) in [7, 11) is 0. The Balaban J connectivity index is 2.33. The molecule has 1 aliphatic carbocycles. The third-order valence-corrected chi connectivity index (χ3v) is 2.68. The van der Waals surface area contributed by atoms with E-state index in [4.69, 9.17) is 0 Å². The number of nitrogens with one attached hydrogen (secondary N) is 1. The molecule has 1 fully saturated rings. The molecule has 0 bridgehead atoms. The zero-order valence-corrected chi connectivity index (χ0v) is 10.0. The Morgan fingerprint density at radius 3 is 2.93 bits per heavy atom. The van der Waals surface area contributed by atoms with Crippen LogP contribution in [0.3, 0.4) is 0 Å². The van der Waals surface area contributed by atoms with Gasteiger partial charge in [0.05, 0.1) is 0 Å². The highest BCUT2D eigenvalue weighted by Crippen LogP contribution is 2.20. The lowest BCUT2D eigenvalue weighted by Gasteiger charge is -2.19. The van der Waals surface area contributed by atoms with Gasteiger partial charge in [-0.1, -0.05) is 20.8 Å². The van der Waals surface area contributed by atoms with E-state index < -0.39 is 0 Å². The van der Waals surface area contributed by atoms with Crippen molar-refractivity contribution in [1.82, 2.24) is 5.43 Å². The van der Waals surface area contributed by atoms with Gasteiger partial charge in [0.15, 0.2) is 0 Å². The van der Waals surface area contributed by atoms with Gasteiger partial charge in [0, 0.05) is 12.1 Å². The summed E-state index contributed by atoms with van der Waals surface area (Å²) in [6, 6.07) is 0. The molecule has 0 aromatic heterocycles. The van der Waals surface area contributed by atoms with Gasteiger partial charge in [-0.3, -0.25) is 4.79 Å². The lowest BCUT2D eigenvalue weighted by atomic mass is 9.89. The quantitative estimate of drug-likeness (QED) is 0.715. The van der Waals surface area contributed by atoms with Crippen molar-refractivity contribution >= 4 is 11.6 Å². The summed E-state index contributed by atoms with van der Waals surface area (Å²) in [6.45, 7) is 6.31. The average molecular weight is 210 g/mol. The van der Waals surface area contributed by atoms with Crippen molar-refractivity contribution in [2.75, 3.05) is 0 Å². The van der Waals surface area contributed by atoms with Crippen LogP contribution in [0, 0.1) is 11.8 Å². The summed E-state index contributed by atoms with van der Waals surface area (Å²) < 4.78 is 0. The van der Waals surface area contributed by atoms with Gasteiger partial charge in [0.2, 0.25) is 5.91 Å². The molecule has 1 atom stereocenters. The van der Waals surface area contributed by atoms with E-state index in [0.29, 0.717) is 12.3 Å². The Morgan fingerprint density at radius 2 is 2.33 bits per heavy atom. The van der Waals surface area contributed by atoms with Crippen molar-refractivity contribution in [2.24, 2.45) is 16.9 Å². The van der Waals surface area contributed by atoms with Gasteiger partial charge in [0.1, 0.15) is 0 Å². The molecule has 1 saturated carbocycles. The minimum Gasteiger partial charge on any atom is -0.273 e. The second-order valence-electron chi connectivity index (χ2n) is 5.01. The van der Waals surface area contributed by atoms with E-state index in [1.54, 1.807) is 0 Å². The Morgan fingerprint density at radius 1 is 1.60 bits per heavy atom. The van der Waals surface area contributed by atoms with Gasteiger partial charge >= 0.3 is 0 Å². The molecule has 1 rings (SSSR count). The SMILES string of the molecule is CC(C)CC(=O)N/N=C1\CCCC(C)C1. The van der Waals surface area contributed by atoms with Crippen LogP contribution >= 0.6 is 0 Å². The van der Waals surface area contributed by atoms with Gasteiger partial charge in [-0.2, -0.15) is 5.10 Å². The molecule has 0 spiro atoms. The molecule has 3 heteroatoms. The first-order valence-electron chi connectivity index (χ1n) is 5.92. The number of hydrogen-bond donors (Lipinski definition) is 1. The fourth-order valence-corrected chi connectivity index (χ4v) is 1.92. The van der Waals surface area contributed by atoms with Crippen molar-refractivity contribution in [2.45, 2.75) is 52.9 Å². The molecular formula is C12H22N2O. The number of hydrogen-bond acceptors (Lipinski definition) is 2. The van der Waals surface area contributed by atoms with E-state index in [0.717, 1.165) is 24.5 Å². The predicted molar refractivity (Wildman–Crippen MR) is 62.7 cm³/mol. The summed E-state index contributed by atoms with van der Waals surface area (Å²) >= 11 is 0. The van der Waals surface area contributed by atoms with Gasteiger partial charge in [-0.05, 0) is 37.5 Å². The maximum atomic E-state index is 11.4. The number of carbonyl (C=O) groups excluding carboxylic acids is 1. The van der Waals surface area contributed by atoms with Gasteiger partial charge in [-0.15, -0.1) is 0 Å². The van der Waals surface area contributed by atoms with Crippen LogP contribution in [0.5, 0.6) is 0 Å². The fourth-order valence-electron chi connectivity index (χ4n) is 1.92. The van der Waals surface area contributed by atoms with Crippen LogP contribution in [-0.4, -0.2) is 11.6 Å². The van der Waals surface area contributed by atoms with Crippen LogP contribution in [-0.2, 0) is 4.79 Å². The maximum absolute atomic E-state index is 11.4. The van der Waals surface area contributed by atoms with Gasteiger partial charge in [-0.25, -0.2) is 5.43 Å². The summed E-state index contributed by atoms with van der Waals surface area (Å²) in [5.74, 6) is 1.16. The summed E-state index contributed by atoms with van der Waals surface area (Å²) in [4.78, 5) is 11.4. The van der Waals surface area contributed by atoms with E-state index in [2.05, 4.69) is 17.5 Å². The zero-order chi connectivity index (χ0) is 11.3. The third kappa shape index (κ3) is 4.96. The standard InChI is InChI=1S/C12H22N2O/c1-9(2)7-12(15)14-13-11-6-4-5-10(3)8-11/h9-10H,4-8H2,1-3H3,(H,14,15)/b13-11+. The molecule has 1 amide bonds. The molecule has 0 heterocycles. The van der Waals surface area contributed by atoms with Crippen molar-refractivity contribution in [3.8, 4) is 0 Å². The van der Waals surface area contributed by atoms with Gasteiger partial charge < -0.3 is 0 Å². The highest BCUT2D eigenvalue weighted by molar-refractivity contribution is 5.87. The molecule has 1 unspecified atom stereocenters. The number of rotatable bonds is 3. The van der Waals surface area contributed by atoms with Crippen LogP contribution in [0.2, 0.25) is 0 Å². The second kappa shape index (κ2) is 5.89. The second-order valence-corrected chi connectivity index (χ2v) is 5.01. The normalized spacial score (nSPS) is 24.5. The third-order valence-electron chi connectivity index (χ3n) is 2.68. The molecule has 1 N–H and O–H groups in total. The van der Waals surface area contributed by atoms with Crippen molar-refractivity contribution in [3.63, 3.8) is 0 Å². The van der Waals surface area contributed by atoms with Crippen LogP contribution in [0.25, 0.3) is 0 Å². The van der Waals surface area contributed by atoms with Crippen molar-refractivity contribution < 1.29 is 4.79 Å². The van der Waals surface area contributed by atoms with Crippen LogP contribution < -0.4 is 5.43 Å². The lowest BCUT2D eigenvalue weighted by Crippen LogP contribution is -2.23. The van der Waals surface area contributed by atoms with Crippen LogP contribution in [0.1, 0.15) is 52.9 Å². The Labute approximate surface area is 92.3 Å². The first kappa shape index (κ1) is 12.2. The molecule has 1 aliphatic rings. The van der Waals surface area contributed by atoms with E-state index in [1.807, 2.05) is 13.8 Å². The number of hydrazone groups is 1. The molecule has 0 aromatic rings. The largest absolute Gasteiger partial charge is 0.273 e. The molecule has 3 nitrogen and oxygen atoms in total. The summed E-state index contributed by atoms with van der Waals surface area (Å²) in [6.07, 6.45) is 5.15. The Hall–Kier alpha value is -0.860. The first-order valence-corrected chi connectivity index (χ1v) is 5.92. The van der Waals surface area contributed by atoms with E-state index >= 15 is 0 Å². The predicted octanol–water partition coefficient (Wildman–Crippen LogP) is 2.71. The molecule has 15 heavy (non-hydrogen) atoms. The minimum atomic E-state index is 0.0377. The summed E-state index contributed by atoms with van der Waals surface area (Å²) in [5.41, 5.74) is 3.81.